The van der Waals surface area contributed by atoms with Gasteiger partial charge in [0.15, 0.2) is 0 Å². The predicted octanol–water partition coefficient (Wildman–Crippen LogP) is 3.11. The lowest BCUT2D eigenvalue weighted by Gasteiger charge is -2.23. The van der Waals surface area contributed by atoms with Crippen LogP contribution in [0.15, 0.2) is 54.9 Å². The van der Waals surface area contributed by atoms with Crippen LogP contribution in [0, 0.1) is 5.92 Å². The van der Waals surface area contributed by atoms with Gasteiger partial charge in [0.1, 0.15) is 0 Å². The van der Waals surface area contributed by atoms with Gasteiger partial charge in [0.2, 0.25) is 5.91 Å². The first kappa shape index (κ1) is 21.4. The monoisotopic (exact) mass is 355 g/mol. The van der Waals surface area contributed by atoms with Gasteiger partial charge >= 0.3 is 0 Å². The molecule has 1 amide bonds. The average molecular weight is 356 g/mol. The molecule has 0 saturated carbocycles. The van der Waals surface area contributed by atoms with Crippen LogP contribution < -0.4 is 11.1 Å². The minimum absolute atomic E-state index is 0. The second kappa shape index (κ2) is 10.2. The zero-order valence-corrected chi connectivity index (χ0v) is 14.8. The molecule has 0 radical (unpaired) electrons. The summed E-state index contributed by atoms with van der Waals surface area (Å²) in [5, 5.41) is 3.07. The first-order valence-corrected chi connectivity index (χ1v) is 7.10. The Labute approximate surface area is 149 Å². The highest BCUT2D eigenvalue weighted by Crippen LogP contribution is 2.21. The Morgan fingerprint density at radius 3 is 2.17 bits per heavy atom. The van der Waals surface area contributed by atoms with E-state index in [0.717, 1.165) is 11.1 Å². The van der Waals surface area contributed by atoms with Gasteiger partial charge in [0.05, 0.1) is 6.04 Å². The maximum atomic E-state index is 12.3. The number of carbonyl (C=O) groups excluding carboxylic acids is 1. The molecule has 4 nitrogen and oxygen atoms in total. The number of hydrogen-bond donors (Lipinski definition) is 2. The summed E-state index contributed by atoms with van der Waals surface area (Å²) in [6.07, 6.45) is 3.49. The summed E-state index contributed by atoms with van der Waals surface area (Å²) in [5.74, 6) is -0.296. The number of hydrogen-bond acceptors (Lipinski definition) is 3. The summed E-state index contributed by atoms with van der Waals surface area (Å²) < 4.78 is 0. The van der Waals surface area contributed by atoms with Crippen molar-refractivity contribution in [2.24, 2.45) is 11.7 Å². The Balaban J connectivity index is 0.00000242. The minimum atomic E-state index is -0.243. The molecule has 0 aliphatic heterocycles. The molecule has 6 heteroatoms. The van der Waals surface area contributed by atoms with Crippen molar-refractivity contribution in [3.63, 3.8) is 0 Å². The first-order chi connectivity index (χ1) is 10.1. The molecule has 126 valence electrons. The zero-order valence-electron chi connectivity index (χ0n) is 13.2. The quantitative estimate of drug-likeness (QED) is 0.865. The van der Waals surface area contributed by atoms with E-state index in [9.17, 15) is 4.79 Å². The summed E-state index contributed by atoms with van der Waals surface area (Å²) in [6, 6.07) is 13.3. The van der Waals surface area contributed by atoms with Crippen LogP contribution in [0.1, 0.15) is 31.0 Å². The van der Waals surface area contributed by atoms with Crippen LogP contribution in [0.5, 0.6) is 0 Å². The van der Waals surface area contributed by atoms with E-state index < -0.39 is 0 Å². The standard InChI is InChI=1S/C17H21N3O.2ClH/c1-12(13(2)18)17(21)20-16(14-7-4-3-5-8-14)15-9-6-10-19-11-15;;/h3-13,16H,18H2,1-2H3,(H,20,21);2*1H. The van der Waals surface area contributed by atoms with Crippen LogP contribution in [-0.4, -0.2) is 16.9 Å². The Morgan fingerprint density at radius 2 is 1.65 bits per heavy atom. The van der Waals surface area contributed by atoms with Crippen molar-refractivity contribution in [1.82, 2.24) is 10.3 Å². The van der Waals surface area contributed by atoms with Crippen molar-refractivity contribution in [3.8, 4) is 0 Å². The molecule has 23 heavy (non-hydrogen) atoms. The molecular weight excluding hydrogens is 333 g/mol. The molecule has 0 aliphatic rings. The molecule has 3 N–H and O–H groups in total. The highest BCUT2D eigenvalue weighted by molar-refractivity contribution is 5.85. The van der Waals surface area contributed by atoms with E-state index in [1.54, 1.807) is 12.4 Å². The number of aromatic nitrogens is 1. The minimum Gasteiger partial charge on any atom is -0.345 e. The predicted molar refractivity (Wildman–Crippen MR) is 98.0 cm³/mol. The fourth-order valence-electron chi connectivity index (χ4n) is 2.06. The van der Waals surface area contributed by atoms with E-state index in [0.29, 0.717) is 0 Å². The molecule has 2 aromatic rings. The number of rotatable bonds is 5. The molecule has 3 atom stereocenters. The van der Waals surface area contributed by atoms with Gasteiger partial charge in [-0.1, -0.05) is 43.3 Å². The molecule has 0 fully saturated rings. The Bertz CT molecular complexity index is 539. The van der Waals surface area contributed by atoms with Gasteiger partial charge < -0.3 is 11.1 Å². The van der Waals surface area contributed by atoms with Crippen LogP contribution >= 0.6 is 24.8 Å². The zero-order chi connectivity index (χ0) is 15.2. The van der Waals surface area contributed by atoms with Gasteiger partial charge in [-0.05, 0) is 24.1 Å². The number of amides is 1. The van der Waals surface area contributed by atoms with E-state index in [2.05, 4.69) is 10.3 Å². The summed E-state index contributed by atoms with van der Waals surface area (Å²) in [7, 11) is 0. The molecule has 2 rings (SSSR count). The number of halogens is 2. The van der Waals surface area contributed by atoms with Crippen molar-refractivity contribution in [2.75, 3.05) is 0 Å². The third-order valence-electron chi connectivity index (χ3n) is 3.64. The van der Waals surface area contributed by atoms with Crippen LogP contribution in [0.25, 0.3) is 0 Å². The lowest BCUT2D eigenvalue weighted by atomic mass is 9.97. The van der Waals surface area contributed by atoms with Crippen molar-refractivity contribution in [3.05, 3.63) is 66.0 Å². The van der Waals surface area contributed by atoms with Crippen molar-refractivity contribution < 1.29 is 4.79 Å². The molecule has 1 heterocycles. The van der Waals surface area contributed by atoms with E-state index >= 15 is 0 Å². The fourth-order valence-corrected chi connectivity index (χ4v) is 2.06. The second-order valence-corrected chi connectivity index (χ2v) is 5.29. The molecule has 0 spiro atoms. The maximum Gasteiger partial charge on any atom is 0.225 e. The van der Waals surface area contributed by atoms with Crippen LogP contribution in [0.2, 0.25) is 0 Å². The largest absolute Gasteiger partial charge is 0.345 e. The van der Waals surface area contributed by atoms with Gasteiger partial charge in [0, 0.05) is 24.4 Å². The van der Waals surface area contributed by atoms with Gasteiger partial charge in [0.25, 0.3) is 0 Å². The second-order valence-electron chi connectivity index (χ2n) is 5.29. The lowest BCUT2D eigenvalue weighted by Crippen LogP contribution is -2.40. The van der Waals surface area contributed by atoms with Gasteiger partial charge in [-0.3, -0.25) is 9.78 Å². The summed E-state index contributed by atoms with van der Waals surface area (Å²) in [4.78, 5) is 16.5. The number of benzene rings is 1. The molecule has 1 aromatic carbocycles. The van der Waals surface area contributed by atoms with Crippen LogP contribution in [0.3, 0.4) is 0 Å². The topological polar surface area (TPSA) is 68.0 Å². The number of nitrogens with zero attached hydrogens (tertiary/aromatic N) is 1. The van der Waals surface area contributed by atoms with E-state index in [4.69, 9.17) is 5.73 Å². The Kier molecular flexibility index (Phi) is 9.49. The summed E-state index contributed by atoms with van der Waals surface area (Å²) in [6.45, 7) is 3.68. The van der Waals surface area contributed by atoms with E-state index in [1.165, 1.54) is 0 Å². The highest BCUT2D eigenvalue weighted by atomic mass is 35.5. The van der Waals surface area contributed by atoms with Crippen molar-refractivity contribution in [1.29, 1.82) is 0 Å². The van der Waals surface area contributed by atoms with Crippen LogP contribution in [0.4, 0.5) is 0 Å². The average Bonchev–Trinajstić information content (AvgIpc) is 2.53. The maximum absolute atomic E-state index is 12.3. The van der Waals surface area contributed by atoms with Crippen molar-refractivity contribution >= 4 is 30.7 Å². The number of nitrogens with one attached hydrogen (secondary N) is 1. The molecule has 3 unspecified atom stereocenters. The molecule has 0 aliphatic carbocycles. The first-order valence-electron chi connectivity index (χ1n) is 7.10. The smallest absolute Gasteiger partial charge is 0.225 e. The van der Waals surface area contributed by atoms with E-state index in [1.807, 2.05) is 56.3 Å². The molecule has 1 aromatic heterocycles. The fraction of sp³-hybridized carbons (Fsp3) is 0.294. The molecular formula is C17H23Cl2N3O. The van der Waals surface area contributed by atoms with Gasteiger partial charge in [-0.25, -0.2) is 0 Å². The third kappa shape index (κ3) is 5.82. The number of nitrogens with two attached hydrogens (primary N) is 1. The van der Waals surface area contributed by atoms with E-state index in [-0.39, 0.29) is 48.7 Å². The third-order valence-corrected chi connectivity index (χ3v) is 3.64. The van der Waals surface area contributed by atoms with Gasteiger partial charge in [-0.2, -0.15) is 0 Å². The normalized spacial score (nSPS) is 13.7. The van der Waals surface area contributed by atoms with Gasteiger partial charge in [-0.15, -0.1) is 24.8 Å². The number of carbonyl (C=O) groups is 1. The molecule has 0 bridgehead atoms. The number of pyridine rings is 1. The molecule has 0 saturated heterocycles. The SMILES string of the molecule is CC(N)C(C)C(=O)NC(c1ccccc1)c1cccnc1.Cl.Cl. The Hall–Kier alpha value is -1.62. The summed E-state index contributed by atoms with van der Waals surface area (Å²) in [5.41, 5.74) is 7.79. The lowest BCUT2D eigenvalue weighted by molar-refractivity contribution is -0.125. The highest BCUT2D eigenvalue weighted by Gasteiger charge is 2.22. The van der Waals surface area contributed by atoms with Crippen LogP contribution in [-0.2, 0) is 4.79 Å². The van der Waals surface area contributed by atoms with Crippen molar-refractivity contribution in [2.45, 2.75) is 25.9 Å². The Morgan fingerprint density at radius 1 is 1.04 bits per heavy atom. The summed E-state index contributed by atoms with van der Waals surface area (Å²) >= 11 is 0.